The Morgan fingerprint density at radius 2 is 2.05 bits per heavy atom. The fraction of sp³-hybridized carbons (Fsp3) is 0.846. The van der Waals surface area contributed by atoms with E-state index in [9.17, 15) is 14.7 Å². The standard InChI is InChI=1S/C13H25N3O4/c1-13(11(17)18,10-4-5-10)15-12(19)14-6-7-16(2)8-9-20-3/h10H,4-9H2,1-3H3,(H,17,18)(H2,14,15,19). The average Bonchev–Trinajstić information content (AvgIpc) is 3.20. The third-order valence-electron chi connectivity index (χ3n) is 3.67. The van der Waals surface area contributed by atoms with Crippen molar-refractivity contribution in [3.63, 3.8) is 0 Å². The zero-order valence-corrected chi connectivity index (χ0v) is 12.4. The Labute approximate surface area is 119 Å². The van der Waals surface area contributed by atoms with Crippen molar-refractivity contribution in [3.8, 4) is 0 Å². The van der Waals surface area contributed by atoms with Gasteiger partial charge in [-0.1, -0.05) is 0 Å². The molecule has 0 aliphatic heterocycles. The van der Waals surface area contributed by atoms with Crippen LogP contribution in [0.1, 0.15) is 19.8 Å². The summed E-state index contributed by atoms with van der Waals surface area (Å²) in [4.78, 5) is 25.1. The van der Waals surface area contributed by atoms with Crippen molar-refractivity contribution in [1.29, 1.82) is 0 Å². The number of carboxylic acid groups (broad SMARTS) is 1. The molecule has 1 atom stereocenters. The van der Waals surface area contributed by atoms with Gasteiger partial charge in [0.25, 0.3) is 0 Å². The maximum Gasteiger partial charge on any atom is 0.329 e. The molecular formula is C13H25N3O4. The van der Waals surface area contributed by atoms with Gasteiger partial charge in [-0.25, -0.2) is 9.59 Å². The van der Waals surface area contributed by atoms with Crippen LogP contribution in [0, 0.1) is 5.92 Å². The number of nitrogens with zero attached hydrogens (tertiary/aromatic N) is 1. The number of rotatable bonds is 9. The third-order valence-corrected chi connectivity index (χ3v) is 3.67. The number of hydrogen-bond donors (Lipinski definition) is 3. The van der Waals surface area contributed by atoms with Crippen molar-refractivity contribution >= 4 is 12.0 Å². The highest BCUT2D eigenvalue weighted by Gasteiger charge is 2.48. The molecule has 1 fully saturated rings. The maximum atomic E-state index is 11.8. The number of carbonyl (C=O) groups is 2. The van der Waals surface area contributed by atoms with Crippen LogP contribution >= 0.6 is 0 Å². The van der Waals surface area contributed by atoms with E-state index >= 15 is 0 Å². The van der Waals surface area contributed by atoms with Gasteiger partial charge >= 0.3 is 12.0 Å². The molecule has 0 saturated heterocycles. The second-order valence-corrected chi connectivity index (χ2v) is 5.46. The van der Waals surface area contributed by atoms with E-state index in [-0.39, 0.29) is 5.92 Å². The predicted molar refractivity (Wildman–Crippen MR) is 74.7 cm³/mol. The van der Waals surface area contributed by atoms with E-state index in [0.29, 0.717) is 19.7 Å². The molecule has 1 aliphatic rings. The Hall–Kier alpha value is -1.34. The lowest BCUT2D eigenvalue weighted by atomic mass is 9.96. The lowest BCUT2D eigenvalue weighted by Crippen LogP contribution is -2.57. The van der Waals surface area contributed by atoms with Crippen molar-refractivity contribution in [1.82, 2.24) is 15.5 Å². The van der Waals surface area contributed by atoms with Crippen molar-refractivity contribution in [2.75, 3.05) is 40.4 Å². The van der Waals surface area contributed by atoms with Crippen LogP contribution in [0.15, 0.2) is 0 Å². The van der Waals surface area contributed by atoms with Crippen molar-refractivity contribution in [3.05, 3.63) is 0 Å². The van der Waals surface area contributed by atoms with Gasteiger partial charge in [0.2, 0.25) is 0 Å². The first-order chi connectivity index (χ1) is 9.40. The van der Waals surface area contributed by atoms with Crippen LogP contribution in [-0.4, -0.2) is 67.9 Å². The fourth-order valence-corrected chi connectivity index (χ4v) is 1.99. The molecule has 7 heteroatoms. The first kappa shape index (κ1) is 16.7. The molecule has 0 aromatic heterocycles. The number of ether oxygens (including phenoxy) is 1. The smallest absolute Gasteiger partial charge is 0.329 e. The minimum absolute atomic E-state index is 0.0372. The molecule has 116 valence electrons. The van der Waals surface area contributed by atoms with Crippen LogP contribution in [0.2, 0.25) is 0 Å². The van der Waals surface area contributed by atoms with Gasteiger partial charge in [0.1, 0.15) is 5.54 Å². The lowest BCUT2D eigenvalue weighted by molar-refractivity contribution is -0.144. The summed E-state index contributed by atoms with van der Waals surface area (Å²) in [5, 5.41) is 14.5. The van der Waals surface area contributed by atoms with Gasteiger partial charge in [-0.15, -0.1) is 0 Å². The number of hydrogen-bond acceptors (Lipinski definition) is 4. The molecule has 0 spiro atoms. The van der Waals surface area contributed by atoms with E-state index in [4.69, 9.17) is 4.74 Å². The number of methoxy groups -OCH3 is 1. The zero-order chi connectivity index (χ0) is 15.2. The molecule has 20 heavy (non-hydrogen) atoms. The lowest BCUT2D eigenvalue weighted by Gasteiger charge is -2.26. The van der Waals surface area contributed by atoms with Crippen LogP contribution < -0.4 is 10.6 Å². The topological polar surface area (TPSA) is 90.9 Å². The number of likely N-dealkylation sites (N-methyl/N-ethyl adjacent to an activating group) is 1. The molecule has 3 N–H and O–H groups in total. The molecule has 1 saturated carbocycles. The van der Waals surface area contributed by atoms with Crippen LogP contribution in [0.4, 0.5) is 4.79 Å². The summed E-state index contributed by atoms with van der Waals surface area (Å²) in [6, 6.07) is -0.429. The highest BCUT2D eigenvalue weighted by atomic mass is 16.5. The van der Waals surface area contributed by atoms with Crippen molar-refractivity contribution < 1.29 is 19.4 Å². The van der Waals surface area contributed by atoms with Crippen molar-refractivity contribution in [2.24, 2.45) is 5.92 Å². The summed E-state index contributed by atoms with van der Waals surface area (Å²) in [6.07, 6.45) is 1.70. The third kappa shape index (κ3) is 4.97. The largest absolute Gasteiger partial charge is 0.480 e. The van der Waals surface area contributed by atoms with Crippen molar-refractivity contribution in [2.45, 2.75) is 25.3 Å². The minimum Gasteiger partial charge on any atom is -0.480 e. The predicted octanol–water partition coefficient (Wildman–Crippen LogP) is 0.117. The maximum absolute atomic E-state index is 11.8. The molecule has 7 nitrogen and oxygen atoms in total. The Balaban J connectivity index is 2.27. The molecule has 0 aromatic carbocycles. The molecule has 0 bridgehead atoms. The Bertz CT molecular complexity index is 347. The Morgan fingerprint density at radius 3 is 2.55 bits per heavy atom. The van der Waals surface area contributed by atoms with Gasteiger partial charge in [-0.3, -0.25) is 0 Å². The Morgan fingerprint density at radius 1 is 1.40 bits per heavy atom. The normalized spacial score (nSPS) is 17.6. The molecule has 1 rings (SSSR count). The van der Waals surface area contributed by atoms with E-state index in [0.717, 1.165) is 19.4 Å². The number of carbonyl (C=O) groups excluding carboxylic acids is 1. The van der Waals surface area contributed by atoms with E-state index < -0.39 is 17.5 Å². The van der Waals surface area contributed by atoms with Gasteiger partial charge in [-0.05, 0) is 32.7 Å². The quantitative estimate of drug-likeness (QED) is 0.560. The van der Waals surface area contributed by atoms with Crippen LogP contribution in [0.5, 0.6) is 0 Å². The van der Waals surface area contributed by atoms with Gasteiger partial charge in [-0.2, -0.15) is 0 Å². The highest BCUT2D eigenvalue weighted by molar-refractivity contribution is 5.86. The van der Waals surface area contributed by atoms with Crippen LogP contribution in [-0.2, 0) is 9.53 Å². The Kier molecular flexibility index (Phi) is 6.22. The SMILES string of the molecule is COCCN(C)CCNC(=O)NC(C)(C(=O)O)C1CC1. The summed E-state index contributed by atoms with van der Waals surface area (Å²) in [7, 11) is 3.58. The van der Waals surface area contributed by atoms with Gasteiger partial charge < -0.3 is 25.4 Å². The van der Waals surface area contributed by atoms with Gasteiger partial charge in [0, 0.05) is 26.7 Å². The van der Waals surface area contributed by atoms with Gasteiger partial charge in [0.15, 0.2) is 0 Å². The van der Waals surface area contributed by atoms with E-state index in [1.165, 1.54) is 0 Å². The average molecular weight is 287 g/mol. The molecule has 0 heterocycles. The molecule has 2 amide bonds. The minimum atomic E-state index is -1.16. The summed E-state index contributed by atoms with van der Waals surface area (Å²) in [6.45, 7) is 4.14. The van der Waals surface area contributed by atoms with Gasteiger partial charge in [0.05, 0.1) is 6.61 Å². The number of urea groups is 1. The second kappa shape index (κ2) is 7.44. The highest BCUT2D eigenvalue weighted by Crippen LogP contribution is 2.39. The fourth-order valence-electron chi connectivity index (χ4n) is 1.99. The monoisotopic (exact) mass is 287 g/mol. The summed E-state index contributed by atoms with van der Waals surface area (Å²) >= 11 is 0. The molecule has 1 unspecified atom stereocenters. The van der Waals surface area contributed by atoms with E-state index in [1.807, 2.05) is 11.9 Å². The number of nitrogens with one attached hydrogen (secondary N) is 2. The van der Waals surface area contributed by atoms with E-state index in [2.05, 4.69) is 10.6 Å². The number of carboxylic acids is 1. The molecule has 0 radical (unpaired) electrons. The summed E-state index contributed by atoms with van der Waals surface area (Å²) in [5.41, 5.74) is -1.16. The molecule has 0 aromatic rings. The first-order valence-electron chi connectivity index (χ1n) is 6.87. The summed E-state index contributed by atoms with van der Waals surface area (Å²) in [5.74, 6) is -0.942. The number of aliphatic carboxylic acids is 1. The van der Waals surface area contributed by atoms with Crippen LogP contribution in [0.3, 0.4) is 0 Å². The second-order valence-electron chi connectivity index (χ2n) is 5.46. The molecular weight excluding hydrogens is 262 g/mol. The molecule has 1 aliphatic carbocycles. The van der Waals surface area contributed by atoms with E-state index in [1.54, 1.807) is 14.0 Å². The first-order valence-corrected chi connectivity index (χ1v) is 6.87. The zero-order valence-electron chi connectivity index (χ0n) is 12.4. The summed E-state index contributed by atoms with van der Waals surface area (Å²) < 4.78 is 4.96. The number of amides is 2. The van der Waals surface area contributed by atoms with Crippen LogP contribution in [0.25, 0.3) is 0 Å².